The molecule has 0 bridgehead atoms. The highest BCUT2D eigenvalue weighted by Crippen LogP contribution is 2.22. The normalized spacial score (nSPS) is 15.1. The van der Waals surface area contributed by atoms with Crippen molar-refractivity contribution in [2.75, 3.05) is 13.1 Å². The van der Waals surface area contributed by atoms with E-state index in [0.29, 0.717) is 18.9 Å². The first-order chi connectivity index (χ1) is 14.5. The minimum Gasteiger partial charge on any atom is -0.452 e. The van der Waals surface area contributed by atoms with E-state index >= 15 is 0 Å². The second-order valence-corrected chi connectivity index (χ2v) is 8.88. The second-order valence-electron chi connectivity index (χ2n) is 6.95. The number of aromatic nitrogens is 2. The SMILES string of the molecule is O=C(OCc1nc(-c2ccccc2)no1)c1cccc(S(=O)(=O)N2CCCCC2)c1. The van der Waals surface area contributed by atoms with Gasteiger partial charge < -0.3 is 9.26 Å². The summed E-state index contributed by atoms with van der Waals surface area (Å²) in [5.41, 5.74) is 0.935. The van der Waals surface area contributed by atoms with Crippen molar-refractivity contribution in [1.29, 1.82) is 0 Å². The lowest BCUT2D eigenvalue weighted by Crippen LogP contribution is -2.35. The van der Waals surface area contributed by atoms with Gasteiger partial charge in [0.1, 0.15) is 0 Å². The molecule has 9 heteroatoms. The maximum atomic E-state index is 12.8. The summed E-state index contributed by atoms with van der Waals surface area (Å²) < 4.78 is 37.5. The average Bonchev–Trinajstić information content (AvgIpc) is 3.28. The molecule has 4 rings (SSSR count). The Balaban J connectivity index is 1.43. The molecule has 3 aromatic rings. The van der Waals surface area contributed by atoms with E-state index in [1.54, 1.807) is 0 Å². The van der Waals surface area contributed by atoms with Crippen LogP contribution >= 0.6 is 0 Å². The fraction of sp³-hybridized carbons (Fsp3) is 0.286. The van der Waals surface area contributed by atoms with Gasteiger partial charge in [-0.25, -0.2) is 13.2 Å². The van der Waals surface area contributed by atoms with Gasteiger partial charge in [0.25, 0.3) is 5.89 Å². The van der Waals surface area contributed by atoms with Crippen LogP contribution in [0.3, 0.4) is 0 Å². The van der Waals surface area contributed by atoms with Crippen molar-refractivity contribution >= 4 is 16.0 Å². The van der Waals surface area contributed by atoms with Crippen LogP contribution in [-0.2, 0) is 21.4 Å². The molecule has 0 unspecified atom stereocenters. The Labute approximate surface area is 174 Å². The van der Waals surface area contributed by atoms with Crippen LogP contribution in [0, 0.1) is 0 Å². The molecule has 0 saturated carbocycles. The van der Waals surface area contributed by atoms with Crippen LogP contribution in [0.1, 0.15) is 35.5 Å². The van der Waals surface area contributed by atoms with Gasteiger partial charge in [0.2, 0.25) is 15.8 Å². The van der Waals surface area contributed by atoms with E-state index in [-0.39, 0.29) is 23.0 Å². The summed E-state index contributed by atoms with van der Waals surface area (Å²) in [6.45, 7) is 0.789. The Morgan fingerprint density at radius 3 is 2.57 bits per heavy atom. The number of carbonyl (C=O) groups excluding carboxylic acids is 1. The van der Waals surface area contributed by atoms with Crippen molar-refractivity contribution in [3.05, 3.63) is 66.1 Å². The van der Waals surface area contributed by atoms with Crippen LogP contribution in [0.2, 0.25) is 0 Å². The third kappa shape index (κ3) is 4.42. The maximum Gasteiger partial charge on any atom is 0.338 e. The second kappa shape index (κ2) is 8.76. The highest BCUT2D eigenvalue weighted by molar-refractivity contribution is 7.89. The molecule has 0 radical (unpaired) electrons. The fourth-order valence-corrected chi connectivity index (χ4v) is 4.83. The standard InChI is InChI=1S/C21H21N3O5S/c25-21(28-15-19-22-20(23-29-19)16-8-3-1-4-9-16)17-10-7-11-18(14-17)30(26,27)24-12-5-2-6-13-24/h1,3-4,7-11,14H,2,5-6,12-13,15H2. The molecule has 0 amide bonds. The molecule has 1 aliphatic heterocycles. The van der Waals surface area contributed by atoms with E-state index in [4.69, 9.17) is 9.26 Å². The lowest BCUT2D eigenvalue weighted by molar-refractivity contribution is 0.0429. The molecule has 0 spiro atoms. The van der Waals surface area contributed by atoms with Crippen molar-refractivity contribution < 1.29 is 22.5 Å². The lowest BCUT2D eigenvalue weighted by atomic mass is 10.2. The quantitative estimate of drug-likeness (QED) is 0.556. The summed E-state index contributed by atoms with van der Waals surface area (Å²) in [5.74, 6) is -0.110. The predicted octanol–water partition coefficient (Wildman–Crippen LogP) is 3.27. The van der Waals surface area contributed by atoms with Gasteiger partial charge in [0, 0.05) is 18.7 Å². The van der Waals surface area contributed by atoms with Gasteiger partial charge in [0.15, 0.2) is 6.61 Å². The Bertz CT molecular complexity index is 1120. The number of esters is 1. The molecular formula is C21H21N3O5S. The maximum absolute atomic E-state index is 12.8. The molecule has 1 aromatic heterocycles. The van der Waals surface area contributed by atoms with E-state index in [2.05, 4.69) is 10.1 Å². The molecule has 2 heterocycles. The van der Waals surface area contributed by atoms with Gasteiger partial charge in [-0.3, -0.25) is 0 Å². The third-order valence-corrected chi connectivity index (χ3v) is 6.74. The molecule has 2 aromatic carbocycles. The van der Waals surface area contributed by atoms with Crippen LogP contribution < -0.4 is 0 Å². The topological polar surface area (TPSA) is 103 Å². The number of nitrogens with zero attached hydrogens (tertiary/aromatic N) is 3. The molecule has 0 aliphatic carbocycles. The zero-order valence-electron chi connectivity index (χ0n) is 16.2. The largest absolute Gasteiger partial charge is 0.452 e. The number of carbonyl (C=O) groups is 1. The van der Waals surface area contributed by atoms with Crippen molar-refractivity contribution in [1.82, 2.24) is 14.4 Å². The minimum atomic E-state index is -3.63. The van der Waals surface area contributed by atoms with Crippen LogP contribution in [0.5, 0.6) is 0 Å². The van der Waals surface area contributed by atoms with E-state index in [0.717, 1.165) is 24.8 Å². The van der Waals surface area contributed by atoms with E-state index in [1.807, 2.05) is 30.3 Å². The van der Waals surface area contributed by atoms with Gasteiger partial charge in [0.05, 0.1) is 10.5 Å². The smallest absolute Gasteiger partial charge is 0.338 e. The van der Waals surface area contributed by atoms with E-state index in [9.17, 15) is 13.2 Å². The summed E-state index contributed by atoms with van der Waals surface area (Å²) in [6.07, 6.45) is 2.71. The molecule has 8 nitrogen and oxygen atoms in total. The fourth-order valence-electron chi connectivity index (χ4n) is 3.27. The van der Waals surface area contributed by atoms with Crippen LogP contribution in [0.25, 0.3) is 11.4 Å². The number of ether oxygens (including phenoxy) is 1. The van der Waals surface area contributed by atoms with E-state index in [1.165, 1.54) is 28.6 Å². The van der Waals surface area contributed by atoms with Crippen LogP contribution in [-0.4, -0.2) is 41.9 Å². The van der Waals surface area contributed by atoms with Gasteiger partial charge >= 0.3 is 5.97 Å². The Morgan fingerprint density at radius 1 is 1.03 bits per heavy atom. The zero-order chi connectivity index (χ0) is 21.0. The van der Waals surface area contributed by atoms with Crippen molar-refractivity contribution in [3.8, 4) is 11.4 Å². The van der Waals surface area contributed by atoms with Gasteiger partial charge in [-0.1, -0.05) is 48.0 Å². The number of hydrogen-bond acceptors (Lipinski definition) is 7. The molecule has 1 aliphatic rings. The van der Waals surface area contributed by atoms with Crippen LogP contribution in [0.15, 0.2) is 64.0 Å². The molecule has 1 fully saturated rings. The molecule has 156 valence electrons. The summed E-state index contributed by atoms with van der Waals surface area (Å²) in [4.78, 5) is 16.7. The highest BCUT2D eigenvalue weighted by atomic mass is 32.2. The van der Waals surface area contributed by atoms with Gasteiger partial charge in [-0.15, -0.1) is 0 Å². The zero-order valence-corrected chi connectivity index (χ0v) is 17.0. The van der Waals surface area contributed by atoms with Crippen molar-refractivity contribution in [2.45, 2.75) is 30.8 Å². The summed E-state index contributed by atoms with van der Waals surface area (Å²) in [5, 5.41) is 3.87. The van der Waals surface area contributed by atoms with E-state index < -0.39 is 16.0 Å². The number of piperidine rings is 1. The summed E-state index contributed by atoms with van der Waals surface area (Å²) in [7, 11) is -3.63. The first-order valence-corrected chi connectivity index (χ1v) is 11.1. The van der Waals surface area contributed by atoms with Crippen molar-refractivity contribution in [2.24, 2.45) is 0 Å². The molecule has 0 atom stereocenters. The number of rotatable bonds is 6. The number of benzene rings is 2. The van der Waals surface area contributed by atoms with Crippen LogP contribution in [0.4, 0.5) is 0 Å². The summed E-state index contributed by atoms with van der Waals surface area (Å²) in [6, 6.07) is 15.2. The first kappa shape index (κ1) is 20.2. The monoisotopic (exact) mass is 427 g/mol. The molecule has 30 heavy (non-hydrogen) atoms. The molecule has 1 saturated heterocycles. The lowest BCUT2D eigenvalue weighted by Gasteiger charge is -2.25. The van der Waals surface area contributed by atoms with Gasteiger partial charge in [-0.05, 0) is 31.0 Å². The summed E-state index contributed by atoms with van der Waals surface area (Å²) >= 11 is 0. The van der Waals surface area contributed by atoms with Gasteiger partial charge in [-0.2, -0.15) is 9.29 Å². The number of sulfonamides is 1. The molecular weight excluding hydrogens is 406 g/mol. The first-order valence-electron chi connectivity index (χ1n) is 9.69. The average molecular weight is 427 g/mol. The Morgan fingerprint density at radius 2 is 1.80 bits per heavy atom. The Kier molecular flexibility index (Phi) is 5.91. The third-order valence-electron chi connectivity index (χ3n) is 4.85. The predicted molar refractivity (Wildman–Crippen MR) is 108 cm³/mol. The highest BCUT2D eigenvalue weighted by Gasteiger charge is 2.26. The molecule has 0 N–H and O–H groups in total. The minimum absolute atomic E-state index is 0.0861. The Hall–Kier alpha value is -3.04. The number of hydrogen-bond donors (Lipinski definition) is 0. The van der Waals surface area contributed by atoms with Crippen molar-refractivity contribution in [3.63, 3.8) is 0 Å².